The maximum absolute atomic E-state index is 13.4. The first kappa shape index (κ1) is 89.0. The summed E-state index contributed by atoms with van der Waals surface area (Å²) in [5, 5.41) is 87.9. The maximum Gasteiger partial charge on any atom is 0.220 e. The van der Waals surface area contributed by atoms with Crippen LogP contribution in [0.4, 0.5) is 0 Å². The van der Waals surface area contributed by atoms with Crippen molar-refractivity contribution in [2.45, 2.75) is 441 Å². The van der Waals surface area contributed by atoms with Crippen LogP contribution in [0.2, 0.25) is 0 Å². The van der Waals surface area contributed by atoms with Gasteiger partial charge >= 0.3 is 0 Å². The molecule has 2 aliphatic rings. The van der Waals surface area contributed by atoms with Gasteiger partial charge in [-0.1, -0.05) is 358 Å². The lowest BCUT2D eigenvalue weighted by molar-refractivity contribution is -0.359. The maximum atomic E-state index is 13.4. The predicted molar refractivity (Wildman–Crippen MR) is 392 cm³/mol. The second-order valence-corrected chi connectivity index (χ2v) is 28.5. The molecule has 14 nitrogen and oxygen atoms in total. The van der Waals surface area contributed by atoms with E-state index in [1.165, 1.54) is 263 Å². The van der Waals surface area contributed by atoms with Crippen molar-refractivity contribution in [1.29, 1.82) is 0 Å². The van der Waals surface area contributed by atoms with Gasteiger partial charge in [-0.2, -0.15) is 0 Å². The van der Waals surface area contributed by atoms with Crippen molar-refractivity contribution < 1.29 is 64.6 Å². The molecule has 0 bridgehead atoms. The van der Waals surface area contributed by atoms with Gasteiger partial charge < -0.3 is 65.1 Å². The third-order valence-corrected chi connectivity index (χ3v) is 19.8. The zero-order valence-electron chi connectivity index (χ0n) is 61.2. The summed E-state index contributed by atoms with van der Waals surface area (Å²) in [6.45, 7) is 2.81. The molecule has 95 heavy (non-hydrogen) atoms. The summed E-state index contributed by atoms with van der Waals surface area (Å²) in [6.07, 6.45) is 70.1. The highest BCUT2D eigenvalue weighted by Gasteiger charge is 2.51. The smallest absolute Gasteiger partial charge is 0.220 e. The zero-order chi connectivity index (χ0) is 68.7. The Morgan fingerprint density at radius 2 is 0.726 bits per heavy atom. The van der Waals surface area contributed by atoms with Gasteiger partial charge in [0.2, 0.25) is 5.91 Å². The van der Waals surface area contributed by atoms with Crippen molar-refractivity contribution in [2.75, 3.05) is 19.8 Å². The van der Waals surface area contributed by atoms with Crippen LogP contribution in [0.3, 0.4) is 0 Å². The van der Waals surface area contributed by atoms with Crippen LogP contribution in [0.15, 0.2) is 48.6 Å². The molecule has 12 unspecified atom stereocenters. The summed E-state index contributed by atoms with van der Waals surface area (Å²) in [5.41, 5.74) is 0. The lowest BCUT2D eigenvalue weighted by atomic mass is 9.97. The van der Waals surface area contributed by atoms with Gasteiger partial charge in [0, 0.05) is 6.42 Å². The van der Waals surface area contributed by atoms with E-state index >= 15 is 0 Å². The van der Waals surface area contributed by atoms with E-state index in [-0.39, 0.29) is 12.5 Å². The Morgan fingerprint density at radius 1 is 0.389 bits per heavy atom. The molecule has 0 spiro atoms. The normalized spacial score (nSPS) is 22.5. The van der Waals surface area contributed by atoms with E-state index in [1.54, 1.807) is 0 Å². The molecule has 0 aromatic rings. The number of nitrogens with one attached hydrogen (secondary N) is 1. The average molecular weight is 1350 g/mol. The molecule has 2 rings (SSSR count). The Morgan fingerprint density at radius 3 is 1.12 bits per heavy atom. The van der Waals surface area contributed by atoms with E-state index in [0.717, 1.165) is 77.0 Å². The van der Waals surface area contributed by atoms with E-state index in [4.69, 9.17) is 18.9 Å². The van der Waals surface area contributed by atoms with E-state index < -0.39 is 86.8 Å². The highest BCUT2D eigenvalue weighted by atomic mass is 16.7. The van der Waals surface area contributed by atoms with Crippen molar-refractivity contribution in [3.63, 3.8) is 0 Å². The number of hydrogen-bond donors (Lipinski definition) is 9. The van der Waals surface area contributed by atoms with Crippen molar-refractivity contribution in [2.24, 2.45) is 0 Å². The topological polar surface area (TPSA) is 228 Å². The van der Waals surface area contributed by atoms with Crippen LogP contribution >= 0.6 is 0 Å². The Balaban J connectivity index is 1.59. The van der Waals surface area contributed by atoms with Crippen LogP contribution in [0.25, 0.3) is 0 Å². The fraction of sp³-hybridized carbons (Fsp3) is 0.889. The molecule has 1 amide bonds. The van der Waals surface area contributed by atoms with Gasteiger partial charge in [0.05, 0.1) is 32.0 Å². The zero-order valence-corrected chi connectivity index (χ0v) is 61.2. The Bertz CT molecular complexity index is 1780. The van der Waals surface area contributed by atoms with Gasteiger partial charge in [-0.05, 0) is 51.4 Å². The van der Waals surface area contributed by atoms with Gasteiger partial charge in [-0.3, -0.25) is 4.79 Å². The van der Waals surface area contributed by atoms with Crippen LogP contribution < -0.4 is 5.32 Å². The number of carbonyl (C=O) groups excluding carboxylic acids is 1. The third-order valence-electron chi connectivity index (χ3n) is 19.8. The molecule has 2 saturated heterocycles. The number of allylic oxidation sites excluding steroid dienone is 8. The molecule has 0 aliphatic carbocycles. The number of unbranched alkanes of at least 4 members (excludes halogenated alkanes) is 47. The molecule has 558 valence electrons. The Kier molecular flexibility index (Phi) is 61.2. The minimum atomic E-state index is -1.78. The molecule has 2 aliphatic heterocycles. The van der Waals surface area contributed by atoms with Gasteiger partial charge in [0.1, 0.15) is 48.8 Å². The summed E-state index contributed by atoms with van der Waals surface area (Å²) in [5.74, 6) is -0.199. The molecule has 0 aromatic carbocycles. The first-order valence-electron chi connectivity index (χ1n) is 40.4. The van der Waals surface area contributed by atoms with Gasteiger partial charge in [-0.15, -0.1) is 0 Å². The first-order chi connectivity index (χ1) is 46.6. The Labute approximate surface area is 582 Å². The summed E-state index contributed by atoms with van der Waals surface area (Å²) >= 11 is 0. The number of ether oxygens (including phenoxy) is 4. The second kappa shape index (κ2) is 65.3. The molecular weight excluding hydrogens is 1190 g/mol. The van der Waals surface area contributed by atoms with Gasteiger partial charge in [0.15, 0.2) is 12.6 Å². The lowest BCUT2D eigenvalue weighted by Gasteiger charge is -2.46. The first-order valence-corrected chi connectivity index (χ1v) is 40.4. The monoisotopic (exact) mass is 1350 g/mol. The molecular formula is C81H151NO13. The fourth-order valence-corrected chi connectivity index (χ4v) is 13.5. The van der Waals surface area contributed by atoms with Crippen LogP contribution in [-0.2, 0) is 23.7 Å². The average Bonchev–Trinajstić information content (AvgIpc) is 0.800. The van der Waals surface area contributed by atoms with Crippen LogP contribution in [-0.4, -0.2) is 140 Å². The lowest BCUT2D eigenvalue weighted by Crippen LogP contribution is -2.65. The minimum Gasteiger partial charge on any atom is -0.394 e. The third kappa shape index (κ3) is 48.4. The number of aliphatic hydroxyl groups excluding tert-OH is 8. The molecule has 0 saturated carbocycles. The Hall–Kier alpha value is -2.05. The molecule has 9 N–H and O–H groups in total. The number of amides is 1. The quantitative estimate of drug-likeness (QED) is 0.0204. The van der Waals surface area contributed by atoms with Gasteiger partial charge in [0.25, 0.3) is 0 Å². The highest BCUT2D eigenvalue weighted by Crippen LogP contribution is 2.30. The van der Waals surface area contributed by atoms with Gasteiger partial charge in [-0.25, -0.2) is 0 Å². The molecule has 2 fully saturated rings. The highest BCUT2D eigenvalue weighted by molar-refractivity contribution is 5.76. The van der Waals surface area contributed by atoms with E-state index in [1.807, 2.05) is 0 Å². The number of hydrogen-bond acceptors (Lipinski definition) is 13. The summed E-state index contributed by atoms with van der Waals surface area (Å²) < 4.78 is 23.0. The largest absolute Gasteiger partial charge is 0.394 e. The van der Waals surface area contributed by atoms with Crippen molar-refractivity contribution >= 4 is 5.91 Å². The van der Waals surface area contributed by atoms with Crippen LogP contribution in [0.1, 0.15) is 367 Å². The van der Waals surface area contributed by atoms with E-state index in [9.17, 15) is 45.6 Å². The van der Waals surface area contributed by atoms with E-state index in [2.05, 4.69) is 67.8 Å². The fourth-order valence-electron chi connectivity index (χ4n) is 13.5. The van der Waals surface area contributed by atoms with E-state index in [0.29, 0.717) is 12.8 Å². The molecule has 12 atom stereocenters. The molecule has 0 radical (unpaired) electrons. The molecule has 14 heteroatoms. The predicted octanol–water partition coefficient (Wildman–Crippen LogP) is 18.2. The standard InChI is InChI=1S/C81H151NO13/c1-3-5-7-9-11-13-15-17-19-21-23-25-27-29-31-32-33-34-35-36-37-38-39-41-43-45-47-49-51-53-55-57-59-61-63-65-73(86)82-69(68-92-80-78(91)76(89)79(72(67-84)94-80)95-81-77(90)75(88)74(87)71(66-83)93-81)70(85)64-62-60-58-56-54-52-50-48-46-44-42-40-30-28-26-24-22-20-18-16-14-12-10-8-6-4-2/h5,7,11,13,17,19,23,25,69-72,74-81,83-85,87-91H,3-4,6,8-10,12,14-16,18,20-22,24,26-68H2,1-2H3,(H,82,86)/b7-5-,13-11-,19-17-,25-23-. The minimum absolute atomic E-state index is 0.199. The molecule has 0 aromatic heterocycles. The number of aliphatic hydroxyl groups is 8. The second-order valence-electron chi connectivity index (χ2n) is 28.5. The number of carbonyl (C=O) groups is 1. The summed E-state index contributed by atoms with van der Waals surface area (Å²) in [7, 11) is 0. The summed E-state index contributed by atoms with van der Waals surface area (Å²) in [4.78, 5) is 13.4. The van der Waals surface area contributed by atoms with Crippen LogP contribution in [0, 0.1) is 0 Å². The van der Waals surface area contributed by atoms with Crippen molar-refractivity contribution in [1.82, 2.24) is 5.32 Å². The SMILES string of the molecule is CC/C=C\C/C=C\C/C=C\C/C=C\CCCCCCCCCCCCCCCCCCCCCCCCC(=O)NC(COC1OC(CO)C(OC2OC(CO)C(O)C(O)C2O)C(O)C1O)C(O)CCCCCCCCCCCCCCCCCCCCCCCCCCCC. The molecule has 2 heterocycles. The van der Waals surface area contributed by atoms with Crippen LogP contribution in [0.5, 0.6) is 0 Å². The summed E-state index contributed by atoms with van der Waals surface area (Å²) in [6, 6.07) is -0.829. The number of rotatable bonds is 68. The van der Waals surface area contributed by atoms with Crippen molar-refractivity contribution in [3.8, 4) is 0 Å². The van der Waals surface area contributed by atoms with Crippen molar-refractivity contribution in [3.05, 3.63) is 48.6 Å².